The van der Waals surface area contributed by atoms with Gasteiger partial charge in [0.25, 0.3) is 0 Å². The fourth-order valence-corrected chi connectivity index (χ4v) is 3.36. The lowest BCUT2D eigenvalue weighted by Crippen LogP contribution is -2.49. The molecule has 1 atom stereocenters. The second-order valence-corrected chi connectivity index (χ2v) is 6.57. The summed E-state index contributed by atoms with van der Waals surface area (Å²) in [5.74, 6) is 1.07. The molecule has 0 saturated carbocycles. The Morgan fingerprint density at radius 2 is 2.04 bits per heavy atom. The molecule has 128 valence electrons. The molecule has 1 aromatic heterocycles. The van der Waals surface area contributed by atoms with Crippen LogP contribution in [-0.2, 0) is 17.8 Å². The highest BCUT2D eigenvalue weighted by Gasteiger charge is 2.30. The number of benzene rings is 1. The predicted octanol–water partition coefficient (Wildman–Crippen LogP) is 3.34. The summed E-state index contributed by atoms with van der Waals surface area (Å²) >= 11 is 0. The molecule has 4 nitrogen and oxygen atoms in total. The number of hydrogen-bond acceptors (Lipinski definition) is 3. The third kappa shape index (κ3) is 4.26. The van der Waals surface area contributed by atoms with Crippen molar-refractivity contribution in [3.63, 3.8) is 0 Å². The van der Waals surface area contributed by atoms with Gasteiger partial charge < -0.3 is 9.32 Å². The Bertz CT molecular complexity index is 624. The molecule has 1 unspecified atom stereocenters. The zero-order chi connectivity index (χ0) is 16.8. The highest BCUT2D eigenvalue weighted by atomic mass is 16.3. The van der Waals surface area contributed by atoms with E-state index in [-0.39, 0.29) is 11.9 Å². The molecule has 0 spiro atoms. The van der Waals surface area contributed by atoms with E-state index in [4.69, 9.17) is 4.42 Å². The number of likely N-dealkylation sites (tertiary alicyclic amines) is 1. The fourth-order valence-electron chi connectivity index (χ4n) is 3.36. The van der Waals surface area contributed by atoms with Gasteiger partial charge in [0, 0.05) is 6.54 Å². The van der Waals surface area contributed by atoms with Crippen molar-refractivity contribution in [3.05, 3.63) is 60.1 Å². The maximum absolute atomic E-state index is 13.1. The molecule has 0 radical (unpaired) electrons. The Labute approximate surface area is 144 Å². The first-order valence-electron chi connectivity index (χ1n) is 8.79. The molecule has 2 aromatic rings. The first kappa shape index (κ1) is 16.8. The summed E-state index contributed by atoms with van der Waals surface area (Å²) in [7, 11) is 2.06. The van der Waals surface area contributed by atoms with Crippen LogP contribution in [0.4, 0.5) is 0 Å². The van der Waals surface area contributed by atoms with E-state index in [0.717, 1.165) is 31.6 Å². The maximum Gasteiger partial charge on any atom is 0.240 e. The molecule has 0 bridgehead atoms. The summed E-state index contributed by atoms with van der Waals surface area (Å²) in [5.41, 5.74) is 1.26. The topological polar surface area (TPSA) is 36.7 Å². The monoisotopic (exact) mass is 326 g/mol. The van der Waals surface area contributed by atoms with Crippen LogP contribution in [0, 0.1) is 0 Å². The third-order valence-corrected chi connectivity index (χ3v) is 4.81. The molecule has 1 aliphatic rings. The van der Waals surface area contributed by atoms with Crippen LogP contribution >= 0.6 is 0 Å². The minimum atomic E-state index is 0.00415. The van der Waals surface area contributed by atoms with Gasteiger partial charge in [0.15, 0.2) is 0 Å². The van der Waals surface area contributed by atoms with Crippen molar-refractivity contribution in [3.8, 4) is 0 Å². The third-order valence-electron chi connectivity index (χ3n) is 4.81. The maximum atomic E-state index is 13.1. The number of rotatable bonds is 6. The Morgan fingerprint density at radius 3 is 2.75 bits per heavy atom. The van der Waals surface area contributed by atoms with Gasteiger partial charge in [-0.15, -0.1) is 0 Å². The average molecular weight is 326 g/mol. The number of amides is 1. The summed E-state index contributed by atoms with van der Waals surface area (Å²) in [6.45, 7) is 2.26. The van der Waals surface area contributed by atoms with Crippen molar-refractivity contribution < 1.29 is 9.21 Å². The molecule has 1 saturated heterocycles. The van der Waals surface area contributed by atoms with Gasteiger partial charge in [0.05, 0.1) is 18.8 Å². The predicted molar refractivity (Wildman–Crippen MR) is 94.5 cm³/mol. The highest BCUT2D eigenvalue weighted by molar-refractivity contribution is 5.82. The highest BCUT2D eigenvalue weighted by Crippen LogP contribution is 2.19. The van der Waals surface area contributed by atoms with Crippen LogP contribution in [0.25, 0.3) is 0 Å². The lowest BCUT2D eigenvalue weighted by molar-refractivity contribution is -0.138. The summed E-state index contributed by atoms with van der Waals surface area (Å²) in [6, 6.07) is 14.2. The van der Waals surface area contributed by atoms with Gasteiger partial charge in [-0.2, -0.15) is 0 Å². The summed E-state index contributed by atoms with van der Waals surface area (Å²) in [5, 5.41) is 0. The molecule has 1 aliphatic heterocycles. The van der Waals surface area contributed by atoms with E-state index in [1.54, 1.807) is 6.26 Å². The Balaban J connectivity index is 1.69. The SMILES string of the molecule is CN1CCCCC1C(=O)N(CCc1ccccc1)Cc1ccco1. The molecule has 3 rings (SSSR count). The zero-order valence-electron chi connectivity index (χ0n) is 14.4. The lowest BCUT2D eigenvalue weighted by Gasteiger charge is -2.35. The largest absolute Gasteiger partial charge is 0.467 e. The van der Waals surface area contributed by atoms with Crippen molar-refractivity contribution in [1.29, 1.82) is 0 Å². The summed E-state index contributed by atoms with van der Waals surface area (Å²) in [4.78, 5) is 17.3. The van der Waals surface area contributed by atoms with E-state index in [2.05, 4.69) is 24.1 Å². The second kappa shape index (κ2) is 8.15. The van der Waals surface area contributed by atoms with Crippen LogP contribution in [0.1, 0.15) is 30.6 Å². The van der Waals surface area contributed by atoms with Crippen LogP contribution in [-0.4, -0.2) is 41.9 Å². The van der Waals surface area contributed by atoms with Gasteiger partial charge in [-0.25, -0.2) is 0 Å². The van der Waals surface area contributed by atoms with Crippen LogP contribution in [0.15, 0.2) is 53.1 Å². The van der Waals surface area contributed by atoms with Crippen molar-refractivity contribution in [2.75, 3.05) is 20.1 Å². The first-order chi connectivity index (χ1) is 11.7. The Hall–Kier alpha value is -2.07. The lowest BCUT2D eigenvalue weighted by atomic mass is 10.0. The molecule has 4 heteroatoms. The van der Waals surface area contributed by atoms with Gasteiger partial charge in [0.2, 0.25) is 5.91 Å². The van der Waals surface area contributed by atoms with Crippen molar-refractivity contribution in [1.82, 2.24) is 9.80 Å². The zero-order valence-corrected chi connectivity index (χ0v) is 14.4. The van der Waals surface area contributed by atoms with Crippen molar-refractivity contribution in [2.45, 2.75) is 38.3 Å². The standard InChI is InChI=1S/C20H26N2O2/c1-21-13-6-5-11-19(21)20(23)22(16-18-10-7-15-24-18)14-12-17-8-3-2-4-9-17/h2-4,7-10,15,19H,5-6,11-14,16H2,1H3. The molecule has 24 heavy (non-hydrogen) atoms. The van der Waals surface area contributed by atoms with Gasteiger partial charge in [-0.3, -0.25) is 9.69 Å². The normalized spacial score (nSPS) is 18.5. The van der Waals surface area contributed by atoms with E-state index < -0.39 is 0 Å². The molecule has 1 aromatic carbocycles. The fraction of sp³-hybridized carbons (Fsp3) is 0.450. The number of hydrogen-bond donors (Lipinski definition) is 0. The molecule has 1 amide bonds. The Morgan fingerprint density at radius 1 is 1.21 bits per heavy atom. The molecule has 0 N–H and O–H groups in total. The summed E-state index contributed by atoms with van der Waals surface area (Å²) in [6.07, 6.45) is 5.80. The van der Waals surface area contributed by atoms with Crippen molar-refractivity contribution >= 4 is 5.91 Å². The van der Waals surface area contributed by atoms with E-state index in [0.29, 0.717) is 13.1 Å². The number of carbonyl (C=O) groups excluding carboxylic acids is 1. The van der Waals surface area contributed by atoms with Crippen LogP contribution in [0.3, 0.4) is 0 Å². The van der Waals surface area contributed by atoms with E-state index >= 15 is 0 Å². The van der Waals surface area contributed by atoms with E-state index in [1.807, 2.05) is 35.2 Å². The number of likely N-dealkylation sites (N-methyl/N-ethyl adjacent to an activating group) is 1. The number of nitrogens with zero attached hydrogens (tertiary/aromatic N) is 2. The van der Waals surface area contributed by atoms with Crippen LogP contribution in [0.2, 0.25) is 0 Å². The number of furan rings is 1. The van der Waals surface area contributed by atoms with Gasteiger partial charge >= 0.3 is 0 Å². The molecular weight excluding hydrogens is 300 g/mol. The smallest absolute Gasteiger partial charge is 0.240 e. The van der Waals surface area contributed by atoms with Crippen molar-refractivity contribution in [2.24, 2.45) is 0 Å². The second-order valence-electron chi connectivity index (χ2n) is 6.57. The minimum Gasteiger partial charge on any atom is -0.467 e. The average Bonchev–Trinajstić information content (AvgIpc) is 3.12. The molecular formula is C20H26N2O2. The van der Waals surface area contributed by atoms with Crippen LogP contribution in [0.5, 0.6) is 0 Å². The molecule has 2 heterocycles. The molecule has 1 fully saturated rings. The molecule has 0 aliphatic carbocycles. The van der Waals surface area contributed by atoms with Crippen LogP contribution < -0.4 is 0 Å². The van der Waals surface area contributed by atoms with Gasteiger partial charge in [-0.05, 0) is 50.6 Å². The number of carbonyl (C=O) groups is 1. The van der Waals surface area contributed by atoms with E-state index in [9.17, 15) is 4.79 Å². The van der Waals surface area contributed by atoms with E-state index in [1.165, 1.54) is 12.0 Å². The van der Waals surface area contributed by atoms with Gasteiger partial charge in [0.1, 0.15) is 5.76 Å². The minimum absolute atomic E-state index is 0.00415. The first-order valence-corrected chi connectivity index (χ1v) is 8.79. The summed E-state index contributed by atoms with van der Waals surface area (Å²) < 4.78 is 5.47. The quantitative estimate of drug-likeness (QED) is 0.817. The van der Waals surface area contributed by atoms with Gasteiger partial charge in [-0.1, -0.05) is 36.8 Å². The number of piperidine rings is 1. The Kier molecular flexibility index (Phi) is 5.70.